The average Bonchev–Trinajstić information content (AvgIpc) is 3.54. The zero-order valence-corrected chi connectivity index (χ0v) is 19.9. The first-order valence-electron chi connectivity index (χ1n) is 10.6. The normalized spacial score (nSPS) is 11.3. The van der Waals surface area contributed by atoms with Crippen LogP contribution in [0.4, 0.5) is 5.82 Å². The van der Waals surface area contributed by atoms with Gasteiger partial charge >= 0.3 is 0 Å². The molecular formula is C23H20Cl2N8O. The second kappa shape index (κ2) is 8.92. The fourth-order valence-electron chi connectivity index (χ4n) is 3.73. The van der Waals surface area contributed by atoms with Gasteiger partial charge in [0, 0.05) is 52.4 Å². The number of hydrogen-bond acceptors (Lipinski definition) is 5. The van der Waals surface area contributed by atoms with E-state index in [1.54, 1.807) is 45.9 Å². The molecule has 0 saturated carbocycles. The summed E-state index contributed by atoms with van der Waals surface area (Å²) in [7, 11) is 0. The van der Waals surface area contributed by atoms with Crippen molar-refractivity contribution in [3.63, 3.8) is 0 Å². The first kappa shape index (κ1) is 22.1. The number of benzene rings is 1. The van der Waals surface area contributed by atoms with E-state index in [9.17, 15) is 4.79 Å². The van der Waals surface area contributed by atoms with Crippen LogP contribution in [0.3, 0.4) is 0 Å². The van der Waals surface area contributed by atoms with E-state index in [2.05, 4.69) is 25.6 Å². The lowest BCUT2D eigenvalue weighted by molar-refractivity contribution is 0.102. The van der Waals surface area contributed by atoms with Crippen molar-refractivity contribution in [1.29, 1.82) is 0 Å². The number of carbonyl (C=O) groups is 1. The second-order valence-corrected chi connectivity index (χ2v) is 8.47. The van der Waals surface area contributed by atoms with Crippen LogP contribution in [-0.2, 0) is 13.1 Å². The smallest absolute Gasteiger partial charge is 0.262 e. The van der Waals surface area contributed by atoms with Crippen molar-refractivity contribution in [3.8, 4) is 11.3 Å². The molecule has 5 aromatic rings. The Bertz CT molecular complexity index is 1500. The van der Waals surface area contributed by atoms with Gasteiger partial charge in [-0.3, -0.25) is 14.2 Å². The molecule has 0 spiro atoms. The summed E-state index contributed by atoms with van der Waals surface area (Å²) in [6.07, 6.45) is 6.87. The molecule has 0 unspecified atom stereocenters. The zero-order chi connectivity index (χ0) is 23.8. The molecule has 172 valence electrons. The molecular weight excluding hydrogens is 475 g/mol. The van der Waals surface area contributed by atoms with Crippen LogP contribution in [0, 0.1) is 6.92 Å². The van der Waals surface area contributed by atoms with E-state index in [1.807, 2.05) is 30.8 Å². The third-order valence-corrected chi connectivity index (χ3v) is 6.16. The Morgan fingerprint density at radius 1 is 1.09 bits per heavy atom. The lowest BCUT2D eigenvalue weighted by Gasteiger charge is -2.07. The molecule has 1 N–H and O–H groups in total. The summed E-state index contributed by atoms with van der Waals surface area (Å²) in [5, 5.41) is 17.3. The number of carbonyl (C=O) groups excluding carboxylic acids is 1. The van der Waals surface area contributed by atoms with E-state index < -0.39 is 0 Å². The summed E-state index contributed by atoms with van der Waals surface area (Å²) in [6.45, 7) is 5.11. The van der Waals surface area contributed by atoms with Crippen molar-refractivity contribution in [1.82, 2.24) is 34.2 Å². The molecule has 0 bridgehead atoms. The molecule has 0 fully saturated rings. The molecule has 9 nitrogen and oxygen atoms in total. The largest absolute Gasteiger partial charge is 0.305 e. The standard InChI is InChI=1S/C23H20Cl2N8O/c1-3-31-12-16(14(2)29-31)20-7-9-26-22-15(11-27-33(20)22)23(34)28-21-8-10-32(30-21)13-17-18(24)5-4-6-19(17)25/h4-12H,3,13H2,1-2H3,(H,28,30,34). The maximum absolute atomic E-state index is 13.0. The van der Waals surface area contributed by atoms with E-state index in [0.29, 0.717) is 33.6 Å². The van der Waals surface area contributed by atoms with Crippen molar-refractivity contribution in [3.05, 3.63) is 82.0 Å². The molecule has 11 heteroatoms. The number of nitrogens with zero attached hydrogens (tertiary/aromatic N) is 7. The van der Waals surface area contributed by atoms with E-state index >= 15 is 0 Å². The Labute approximate surface area is 204 Å². The molecule has 0 atom stereocenters. The maximum Gasteiger partial charge on any atom is 0.262 e. The molecule has 0 aliphatic heterocycles. The van der Waals surface area contributed by atoms with Gasteiger partial charge in [0.2, 0.25) is 0 Å². The summed E-state index contributed by atoms with van der Waals surface area (Å²) < 4.78 is 5.17. The van der Waals surface area contributed by atoms with Crippen molar-refractivity contribution in [2.45, 2.75) is 26.9 Å². The fourth-order valence-corrected chi connectivity index (χ4v) is 4.25. The summed E-state index contributed by atoms with van der Waals surface area (Å²) in [5.74, 6) is 0.0328. The molecule has 1 aromatic carbocycles. The molecule has 4 aromatic heterocycles. The first-order chi connectivity index (χ1) is 16.4. The SMILES string of the molecule is CCn1cc(-c2ccnc3c(C(=O)Nc4ccn(Cc5c(Cl)cccc5Cl)n4)cnn23)c(C)n1. The van der Waals surface area contributed by atoms with Crippen LogP contribution in [0.15, 0.2) is 55.1 Å². The lowest BCUT2D eigenvalue weighted by Crippen LogP contribution is -2.13. The Morgan fingerprint density at radius 3 is 2.62 bits per heavy atom. The lowest BCUT2D eigenvalue weighted by atomic mass is 10.2. The van der Waals surface area contributed by atoms with Crippen molar-refractivity contribution < 1.29 is 4.79 Å². The van der Waals surface area contributed by atoms with Gasteiger partial charge in [0.25, 0.3) is 5.91 Å². The molecule has 0 aliphatic rings. The van der Waals surface area contributed by atoms with Gasteiger partial charge in [0.05, 0.1) is 24.1 Å². The Balaban J connectivity index is 1.39. The Hall–Kier alpha value is -3.69. The third kappa shape index (κ3) is 4.04. The number of hydrogen-bond donors (Lipinski definition) is 1. The number of amides is 1. The maximum atomic E-state index is 13.0. The number of fused-ring (bicyclic) bond motifs is 1. The number of anilines is 1. The minimum Gasteiger partial charge on any atom is -0.305 e. The minimum atomic E-state index is -0.360. The van der Waals surface area contributed by atoms with Gasteiger partial charge in [-0.2, -0.15) is 15.3 Å². The summed E-state index contributed by atoms with van der Waals surface area (Å²) >= 11 is 12.5. The van der Waals surface area contributed by atoms with E-state index in [4.69, 9.17) is 23.2 Å². The highest BCUT2D eigenvalue weighted by Crippen LogP contribution is 2.26. The fraction of sp³-hybridized carbons (Fsp3) is 0.174. The topological polar surface area (TPSA) is 94.9 Å². The molecule has 34 heavy (non-hydrogen) atoms. The zero-order valence-electron chi connectivity index (χ0n) is 18.4. The number of aryl methyl sites for hydroxylation is 2. The van der Waals surface area contributed by atoms with Gasteiger partial charge in [-0.15, -0.1) is 0 Å². The van der Waals surface area contributed by atoms with Crippen LogP contribution in [-0.4, -0.2) is 40.1 Å². The molecule has 1 amide bonds. The highest BCUT2D eigenvalue weighted by atomic mass is 35.5. The van der Waals surface area contributed by atoms with Gasteiger partial charge in [0.1, 0.15) is 5.56 Å². The quantitative estimate of drug-likeness (QED) is 0.368. The van der Waals surface area contributed by atoms with Crippen LogP contribution < -0.4 is 5.32 Å². The minimum absolute atomic E-state index is 0.339. The molecule has 0 radical (unpaired) electrons. The number of nitrogens with one attached hydrogen (secondary N) is 1. The van der Waals surface area contributed by atoms with E-state index in [1.165, 1.54) is 6.20 Å². The third-order valence-electron chi connectivity index (χ3n) is 5.46. The molecule has 0 aliphatic carbocycles. The predicted octanol–water partition coefficient (Wildman–Crippen LogP) is 4.73. The van der Waals surface area contributed by atoms with Crippen molar-refractivity contribution in [2.75, 3.05) is 5.32 Å². The van der Waals surface area contributed by atoms with Gasteiger partial charge in [-0.1, -0.05) is 29.3 Å². The highest BCUT2D eigenvalue weighted by molar-refractivity contribution is 6.36. The molecule has 4 heterocycles. The first-order valence-corrected chi connectivity index (χ1v) is 11.3. The van der Waals surface area contributed by atoms with Crippen LogP contribution in [0.5, 0.6) is 0 Å². The van der Waals surface area contributed by atoms with Gasteiger partial charge in [0.15, 0.2) is 11.5 Å². The second-order valence-electron chi connectivity index (χ2n) is 7.66. The molecule has 5 rings (SSSR count). The Kier molecular flexibility index (Phi) is 5.80. The number of aromatic nitrogens is 7. The summed E-state index contributed by atoms with van der Waals surface area (Å²) in [4.78, 5) is 17.4. The van der Waals surface area contributed by atoms with Crippen molar-refractivity contribution >= 4 is 40.6 Å². The van der Waals surface area contributed by atoms with Gasteiger partial charge in [-0.25, -0.2) is 9.50 Å². The number of rotatable bonds is 6. The summed E-state index contributed by atoms with van der Waals surface area (Å²) in [6, 6.07) is 8.89. The van der Waals surface area contributed by atoms with Crippen molar-refractivity contribution in [2.24, 2.45) is 0 Å². The monoisotopic (exact) mass is 494 g/mol. The van der Waals surface area contributed by atoms with E-state index in [-0.39, 0.29) is 5.91 Å². The Morgan fingerprint density at radius 2 is 1.88 bits per heavy atom. The number of halogens is 2. The average molecular weight is 495 g/mol. The highest BCUT2D eigenvalue weighted by Gasteiger charge is 2.19. The molecule has 0 saturated heterocycles. The van der Waals surface area contributed by atoms with Crippen LogP contribution in [0.25, 0.3) is 16.9 Å². The van der Waals surface area contributed by atoms with Gasteiger partial charge < -0.3 is 5.32 Å². The van der Waals surface area contributed by atoms with E-state index in [0.717, 1.165) is 29.1 Å². The van der Waals surface area contributed by atoms with Gasteiger partial charge in [-0.05, 0) is 32.0 Å². The van der Waals surface area contributed by atoms with Crippen LogP contribution >= 0.6 is 23.2 Å². The van der Waals surface area contributed by atoms with Crippen LogP contribution in [0.2, 0.25) is 10.0 Å². The predicted molar refractivity (Wildman–Crippen MR) is 130 cm³/mol. The summed E-state index contributed by atoms with van der Waals surface area (Å²) in [5.41, 5.74) is 4.16. The van der Waals surface area contributed by atoms with Crippen LogP contribution in [0.1, 0.15) is 28.5 Å².